The molecule has 0 bridgehead atoms. The number of aliphatic hydroxyl groups excluding tert-OH is 1. The van der Waals surface area contributed by atoms with Gasteiger partial charge >= 0.3 is 0 Å². The lowest BCUT2D eigenvalue weighted by atomic mass is 9.81. The highest BCUT2D eigenvalue weighted by Crippen LogP contribution is 2.32. The molecule has 0 amide bonds. The SMILES string of the molecule is CC#CC1(N(C)CCO)CCCCC1. The third kappa shape index (κ3) is 2.50. The van der Waals surface area contributed by atoms with Crippen molar-refractivity contribution in [2.75, 3.05) is 20.2 Å². The predicted molar refractivity (Wildman–Crippen MR) is 59.0 cm³/mol. The normalized spacial score (nSPS) is 20.3. The van der Waals surface area contributed by atoms with Gasteiger partial charge in [0.1, 0.15) is 0 Å². The van der Waals surface area contributed by atoms with Crippen LogP contribution < -0.4 is 0 Å². The number of hydrogen-bond acceptors (Lipinski definition) is 2. The van der Waals surface area contributed by atoms with Gasteiger partial charge in [-0.15, -0.1) is 5.92 Å². The van der Waals surface area contributed by atoms with Crippen molar-refractivity contribution in [3.05, 3.63) is 0 Å². The van der Waals surface area contributed by atoms with E-state index in [1.165, 1.54) is 19.3 Å². The second kappa shape index (κ2) is 5.38. The van der Waals surface area contributed by atoms with Crippen LogP contribution in [0.3, 0.4) is 0 Å². The number of β-amino-alcohol motifs (C(OH)–C–C–N with tert-alkyl or cyclic N) is 1. The number of rotatable bonds is 3. The van der Waals surface area contributed by atoms with Crippen LogP contribution in [0.5, 0.6) is 0 Å². The second-order valence-electron chi connectivity index (χ2n) is 4.11. The van der Waals surface area contributed by atoms with E-state index >= 15 is 0 Å². The van der Waals surface area contributed by atoms with E-state index in [4.69, 9.17) is 5.11 Å². The van der Waals surface area contributed by atoms with Gasteiger partial charge in [0, 0.05) is 6.54 Å². The van der Waals surface area contributed by atoms with Crippen LogP contribution in [0, 0.1) is 11.8 Å². The molecule has 0 aliphatic heterocycles. The largest absolute Gasteiger partial charge is 0.395 e. The Kier molecular flexibility index (Phi) is 4.44. The molecule has 0 atom stereocenters. The third-order valence-corrected chi connectivity index (χ3v) is 3.20. The van der Waals surface area contributed by atoms with Gasteiger partial charge in [0.05, 0.1) is 12.1 Å². The van der Waals surface area contributed by atoms with Gasteiger partial charge in [0.15, 0.2) is 0 Å². The molecule has 1 aliphatic rings. The van der Waals surface area contributed by atoms with Crippen molar-refractivity contribution in [1.82, 2.24) is 4.90 Å². The molecule has 1 fully saturated rings. The number of nitrogens with zero attached hydrogens (tertiary/aromatic N) is 1. The monoisotopic (exact) mass is 195 g/mol. The van der Waals surface area contributed by atoms with Gasteiger partial charge in [0.25, 0.3) is 0 Å². The molecule has 80 valence electrons. The summed E-state index contributed by atoms with van der Waals surface area (Å²) in [6, 6.07) is 0. The van der Waals surface area contributed by atoms with Crippen molar-refractivity contribution < 1.29 is 5.11 Å². The molecule has 0 aromatic carbocycles. The van der Waals surface area contributed by atoms with Crippen molar-refractivity contribution >= 4 is 0 Å². The Bertz CT molecular complexity index is 220. The van der Waals surface area contributed by atoms with Crippen LogP contribution in [0.2, 0.25) is 0 Å². The van der Waals surface area contributed by atoms with Gasteiger partial charge in [-0.25, -0.2) is 0 Å². The Balaban J connectivity index is 2.72. The van der Waals surface area contributed by atoms with Crippen molar-refractivity contribution in [3.8, 4) is 11.8 Å². The van der Waals surface area contributed by atoms with Gasteiger partial charge in [-0.1, -0.05) is 25.2 Å². The quantitative estimate of drug-likeness (QED) is 0.692. The summed E-state index contributed by atoms with van der Waals surface area (Å²) in [5.41, 5.74) is 0.0513. The Morgan fingerprint density at radius 3 is 2.43 bits per heavy atom. The first-order chi connectivity index (χ1) is 6.75. The van der Waals surface area contributed by atoms with Crippen LogP contribution in [-0.4, -0.2) is 35.7 Å². The minimum Gasteiger partial charge on any atom is -0.395 e. The molecule has 1 rings (SSSR count). The molecule has 0 radical (unpaired) electrons. The zero-order chi connectivity index (χ0) is 10.4. The second-order valence-corrected chi connectivity index (χ2v) is 4.11. The van der Waals surface area contributed by atoms with Crippen molar-refractivity contribution in [1.29, 1.82) is 0 Å². The van der Waals surface area contributed by atoms with Crippen LogP contribution in [0.4, 0.5) is 0 Å². The first kappa shape index (κ1) is 11.6. The smallest absolute Gasteiger partial charge is 0.0823 e. The van der Waals surface area contributed by atoms with E-state index in [0.29, 0.717) is 0 Å². The molecular weight excluding hydrogens is 174 g/mol. The van der Waals surface area contributed by atoms with E-state index in [9.17, 15) is 0 Å². The molecule has 2 nitrogen and oxygen atoms in total. The molecule has 0 unspecified atom stereocenters. The minimum atomic E-state index is 0.0513. The average Bonchev–Trinajstić information content (AvgIpc) is 2.20. The average molecular weight is 195 g/mol. The van der Waals surface area contributed by atoms with E-state index in [-0.39, 0.29) is 12.1 Å². The van der Waals surface area contributed by atoms with E-state index in [1.54, 1.807) is 0 Å². The topological polar surface area (TPSA) is 23.5 Å². The summed E-state index contributed by atoms with van der Waals surface area (Å²) in [4.78, 5) is 2.22. The van der Waals surface area contributed by atoms with Crippen LogP contribution in [0.15, 0.2) is 0 Å². The summed E-state index contributed by atoms with van der Waals surface area (Å²) in [6.07, 6.45) is 6.18. The lowest BCUT2D eigenvalue weighted by molar-refractivity contribution is 0.105. The fraction of sp³-hybridized carbons (Fsp3) is 0.833. The zero-order valence-electron chi connectivity index (χ0n) is 9.34. The van der Waals surface area contributed by atoms with Crippen LogP contribution >= 0.6 is 0 Å². The van der Waals surface area contributed by atoms with E-state index in [1.807, 2.05) is 6.92 Å². The molecule has 0 spiro atoms. The molecule has 0 heterocycles. The highest BCUT2D eigenvalue weighted by molar-refractivity contribution is 5.18. The molecular formula is C12H21NO. The Hall–Kier alpha value is -0.520. The van der Waals surface area contributed by atoms with Gasteiger partial charge in [-0.2, -0.15) is 0 Å². The lowest BCUT2D eigenvalue weighted by Gasteiger charge is -2.40. The summed E-state index contributed by atoms with van der Waals surface area (Å²) in [6.45, 7) is 2.86. The molecule has 1 N–H and O–H groups in total. The summed E-state index contributed by atoms with van der Waals surface area (Å²) < 4.78 is 0. The molecule has 0 aromatic heterocycles. The van der Waals surface area contributed by atoms with Gasteiger partial charge in [-0.05, 0) is 26.8 Å². The zero-order valence-corrected chi connectivity index (χ0v) is 9.34. The van der Waals surface area contributed by atoms with E-state index in [0.717, 1.165) is 19.4 Å². The standard InChI is InChI=1S/C12H21NO/c1-3-7-12(13(2)10-11-14)8-5-4-6-9-12/h14H,4-6,8-11H2,1-2H3. The van der Waals surface area contributed by atoms with Gasteiger partial charge < -0.3 is 5.11 Å². The van der Waals surface area contributed by atoms with Crippen molar-refractivity contribution in [3.63, 3.8) is 0 Å². The minimum absolute atomic E-state index is 0.0513. The van der Waals surface area contributed by atoms with E-state index < -0.39 is 0 Å². The highest BCUT2D eigenvalue weighted by Gasteiger charge is 2.33. The summed E-state index contributed by atoms with van der Waals surface area (Å²) in [5.74, 6) is 6.39. The fourth-order valence-corrected chi connectivity index (χ4v) is 2.34. The van der Waals surface area contributed by atoms with Crippen molar-refractivity contribution in [2.24, 2.45) is 0 Å². The molecule has 2 heteroatoms. The third-order valence-electron chi connectivity index (χ3n) is 3.20. The fourth-order valence-electron chi connectivity index (χ4n) is 2.34. The molecule has 14 heavy (non-hydrogen) atoms. The van der Waals surface area contributed by atoms with Crippen LogP contribution in [0.25, 0.3) is 0 Å². The van der Waals surface area contributed by atoms with Crippen LogP contribution in [-0.2, 0) is 0 Å². The van der Waals surface area contributed by atoms with E-state index in [2.05, 4.69) is 23.8 Å². The number of aliphatic hydroxyl groups is 1. The maximum absolute atomic E-state index is 8.96. The first-order valence-corrected chi connectivity index (χ1v) is 5.51. The Labute approximate surface area is 87.3 Å². The lowest BCUT2D eigenvalue weighted by Crippen LogP contribution is -2.48. The maximum Gasteiger partial charge on any atom is 0.0823 e. The molecule has 0 aromatic rings. The summed E-state index contributed by atoms with van der Waals surface area (Å²) in [5, 5.41) is 8.96. The van der Waals surface area contributed by atoms with Gasteiger partial charge in [0.2, 0.25) is 0 Å². The molecule has 0 saturated heterocycles. The van der Waals surface area contributed by atoms with Gasteiger partial charge in [-0.3, -0.25) is 4.90 Å². The predicted octanol–water partition coefficient (Wildman–Crippen LogP) is 1.64. The Morgan fingerprint density at radius 2 is 1.93 bits per heavy atom. The maximum atomic E-state index is 8.96. The molecule has 1 aliphatic carbocycles. The number of likely N-dealkylation sites (N-methyl/N-ethyl adjacent to an activating group) is 1. The van der Waals surface area contributed by atoms with Crippen molar-refractivity contribution in [2.45, 2.75) is 44.6 Å². The Morgan fingerprint density at radius 1 is 1.29 bits per heavy atom. The highest BCUT2D eigenvalue weighted by atomic mass is 16.3. The van der Waals surface area contributed by atoms with Crippen LogP contribution in [0.1, 0.15) is 39.0 Å². The summed E-state index contributed by atoms with van der Waals surface area (Å²) in [7, 11) is 2.08. The molecule has 1 saturated carbocycles. The number of hydrogen-bond donors (Lipinski definition) is 1. The first-order valence-electron chi connectivity index (χ1n) is 5.51. The summed E-state index contributed by atoms with van der Waals surface area (Å²) >= 11 is 0.